The van der Waals surface area contributed by atoms with E-state index in [4.69, 9.17) is 4.52 Å². The standard InChI is InChI=1S/C23H36N4O5S/c1-16-21(17(2)32-25-16)33(30,31)27-14-8-19(9-15-27)23(29)26-12-10-20(11-13-26)24-22(28)18-6-4-3-5-7-18/h18-20H,3-15H2,1-2H3,(H,24,28). The van der Waals surface area contributed by atoms with Gasteiger partial charge in [0, 0.05) is 44.1 Å². The Bertz CT molecular complexity index is 934. The maximum atomic E-state index is 13.1. The third kappa shape index (κ3) is 5.26. The summed E-state index contributed by atoms with van der Waals surface area (Å²) in [7, 11) is -3.67. The molecule has 0 radical (unpaired) electrons. The number of likely N-dealkylation sites (tertiary alicyclic amines) is 1. The second-order valence-corrected chi connectivity index (χ2v) is 11.6. The molecule has 0 atom stereocenters. The smallest absolute Gasteiger partial charge is 0.248 e. The van der Waals surface area contributed by atoms with Crippen LogP contribution in [0.25, 0.3) is 0 Å². The van der Waals surface area contributed by atoms with Crippen molar-refractivity contribution in [1.82, 2.24) is 19.7 Å². The van der Waals surface area contributed by atoms with E-state index >= 15 is 0 Å². The van der Waals surface area contributed by atoms with E-state index in [1.165, 1.54) is 10.7 Å². The second kappa shape index (κ2) is 10.1. The molecule has 2 amide bonds. The van der Waals surface area contributed by atoms with Gasteiger partial charge in [-0.1, -0.05) is 24.4 Å². The summed E-state index contributed by atoms with van der Waals surface area (Å²) in [6.45, 7) is 5.15. The van der Waals surface area contributed by atoms with E-state index < -0.39 is 10.0 Å². The lowest BCUT2D eigenvalue weighted by Crippen LogP contribution is -2.50. The van der Waals surface area contributed by atoms with Crippen molar-refractivity contribution in [2.45, 2.75) is 82.6 Å². The highest BCUT2D eigenvalue weighted by atomic mass is 32.2. The van der Waals surface area contributed by atoms with Gasteiger partial charge in [-0.25, -0.2) is 8.42 Å². The number of hydrogen-bond donors (Lipinski definition) is 1. The number of carbonyl (C=O) groups excluding carboxylic acids is 2. The van der Waals surface area contributed by atoms with Gasteiger partial charge in [-0.3, -0.25) is 9.59 Å². The van der Waals surface area contributed by atoms with Gasteiger partial charge in [0.05, 0.1) is 0 Å². The maximum absolute atomic E-state index is 13.1. The van der Waals surface area contributed by atoms with Gasteiger partial charge in [-0.15, -0.1) is 0 Å². The number of carbonyl (C=O) groups is 2. The summed E-state index contributed by atoms with van der Waals surface area (Å²) in [5.41, 5.74) is 0.365. The molecule has 1 aromatic rings. The van der Waals surface area contributed by atoms with E-state index in [-0.39, 0.29) is 34.6 Å². The van der Waals surface area contributed by atoms with Crippen LogP contribution in [0.4, 0.5) is 0 Å². The molecule has 1 aromatic heterocycles. The minimum Gasteiger partial charge on any atom is -0.360 e. The first kappa shape index (κ1) is 24.2. The van der Waals surface area contributed by atoms with E-state index in [0.717, 1.165) is 38.5 Å². The van der Waals surface area contributed by atoms with Gasteiger partial charge in [0.15, 0.2) is 5.76 Å². The largest absolute Gasteiger partial charge is 0.360 e. The van der Waals surface area contributed by atoms with Crippen molar-refractivity contribution in [3.63, 3.8) is 0 Å². The van der Waals surface area contributed by atoms with Gasteiger partial charge in [-0.05, 0) is 52.4 Å². The first-order valence-electron chi connectivity index (χ1n) is 12.3. The molecular formula is C23H36N4O5S. The highest BCUT2D eigenvalue weighted by Gasteiger charge is 2.37. The molecule has 3 fully saturated rings. The van der Waals surface area contributed by atoms with Crippen LogP contribution in [0.5, 0.6) is 0 Å². The summed E-state index contributed by atoms with van der Waals surface area (Å²) in [5.74, 6) is 0.594. The Morgan fingerprint density at radius 1 is 0.909 bits per heavy atom. The average molecular weight is 481 g/mol. The zero-order valence-electron chi connectivity index (χ0n) is 19.7. The van der Waals surface area contributed by atoms with Crippen LogP contribution in [0.2, 0.25) is 0 Å². The minimum atomic E-state index is -3.67. The lowest BCUT2D eigenvalue weighted by molar-refractivity contribution is -0.138. The molecule has 33 heavy (non-hydrogen) atoms. The Labute approximate surface area is 196 Å². The predicted molar refractivity (Wildman–Crippen MR) is 122 cm³/mol. The first-order chi connectivity index (χ1) is 15.8. The zero-order valence-corrected chi connectivity index (χ0v) is 20.5. The minimum absolute atomic E-state index is 0.112. The van der Waals surface area contributed by atoms with E-state index in [1.54, 1.807) is 13.8 Å². The van der Waals surface area contributed by atoms with Crippen molar-refractivity contribution in [3.8, 4) is 0 Å². The number of hydrogen-bond acceptors (Lipinski definition) is 6. The van der Waals surface area contributed by atoms with Crippen LogP contribution in [0, 0.1) is 25.7 Å². The number of rotatable bonds is 5. The molecule has 0 spiro atoms. The van der Waals surface area contributed by atoms with E-state index in [2.05, 4.69) is 10.5 Å². The zero-order chi connectivity index (χ0) is 23.6. The Kier molecular flexibility index (Phi) is 7.43. The summed E-state index contributed by atoms with van der Waals surface area (Å²) >= 11 is 0. The molecule has 1 saturated carbocycles. The molecule has 2 aliphatic heterocycles. The number of nitrogens with zero attached hydrogens (tertiary/aromatic N) is 3. The lowest BCUT2D eigenvalue weighted by Gasteiger charge is -2.37. The third-order valence-corrected chi connectivity index (χ3v) is 9.64. The van der Waals surface area contributed by atoms with Crippen LogP contribution < -0.4 is 5.32 Å². The topological polar surface area (TPSA) is 113 Å². The van der Waals surface area contributed by atoms with Gasteiger partial charge in [0.25, 0.3) is 0 Å². The normalized spacial score (nSPS) is 22.4. The van der Waals surface area contributed by atoms with Crippen molar-refractivity contribution >= 4 is 21.8 Å². The van der Waals surface area contributed by atoms with Crippen LogP contribution in [-0.2, 0) is 19.6 Å². The molecule has 2 saturated heterocycles. The summed E-state index contributed by atoms with van der Waals surface area (Å²) in [4.78, 5) is 27.6. The Morgan fingerprint density at radius 3 is 2.12 bits per heavy atom. The van der Waals surface area contributed by atoms with Crippen LogP contribution in [0.3, 0.4) is 0 Å². The highest BCUT2D eigenvalue weighted by Crippen LogP contribution is 2.29. The fraction of sp³-hybridized carbons (Fsp3) is 0.783. The Hall–Kier alpha value is -1.94. The third-order valence-electron chi connectivity index (χ3n) is 7.50. The van der Waals surface area contributed by atoms with Crippen molar-refractivity contribution in [2.75, 3.05) is 26.2 Å². The number of aryl methyl sites for hydroxylation is 2. The fourth-order valence-electron chi connectivity index (χ4n) is 5.50. The number of piperidine rings is 2. The monoisotopic (exact) mass is 480 g/mol. The van der Waals surface area contributed by atoms with Gasteiger partial charge in [-0.2, -0.15) is 4.31 Å². The Balaban J connectivity index is 1.25. The summed E-state index contributed by atoms with van der Waals surface area (Å²) < 4.78 is 32.5. The number of amides is 2. The molecule has 1 N–H and O–H groups in total. The summed E-state index contributed by atoms with van der Waals surface area (Å²) in [5, 5.41) is 6.97. The van der Waals surface area contributed by atoms with Crippen LogP contribution >= 0.6 is 0 Å². The van der Waals surface area contributed by atoms with Crippen molar-refractivity contribution in [2.24, 2.45) is 11.8 Å². The van der Waals surface area contributed by atoms with Gasteiger partial charge >= 0.3 is 0 Å². The van der Waals surface area contributed by atoms with Gasteiger partial charge in [0.1, 0.15) is 10.6 Å². The van der Waals surface area contributed by atoms with E-state index in [0.29, 0.717) is 50.5 Å². The maximum Gasteiger partial charge on any atom is 0.248 e. The highest BCUT2D eigenvalue weighted by molar-refractivity contribution is 7.89. The molecule has 0 unspecified atom stereocenters. The second-order valence-electron chi connectivity index (χ2n) is 9.77. The number of aromatic nitrogens is 1. The summed E-state index contributed by atoms with van der Waals surface area (Å²) in [6, 6.07) is 0.144. The molecule has 10 heteroatoms. The molecule has 184 valence electrons. The molecule has 0 aromatic carbocycles. The molecule has 4 rings (SSSR count). The van der Waals surface area contributed by atoms with Crippen molar-refractivity contribution < 1.29 is 22.5 Å². The molecule has 1 aliphatic carbocycles. The number of nitrogens with one attached hydrogen (secondary N) is 1. The summed E-state index contributed by atoms with van der Waals surface area (Å²) in [6.07, 6.45) is 8.09. The first-order valence-corrected chi connectivity index (χ1v) is 13.7. The molecule has 0 bridgehead atoms. The van der Waals surface area contributed by atoms with Crippen LogP contribution in [-0.4, -0.2) is 66.8 Å². The lowest BCUT2D eigenvalue weighted by atomic mass is 9.88. The Morgan fingerprint density at radius 2 is 1.55 bits per heavy atom. The van der Waals surface area contributed by atoms with Crippen molar-refractivity contribution in [3.05, 3.63) is 11.5 Å². The molecule has 3 aliphatic rings. The van der Waals surface area contributed by atoms with E-state index in [1.807, 2.05) is 4.90 Å². The quantitative estimate of drug-likeness (QED) is 0.692. The van der Waals surface area contributed by atoms with Crippen LogP contribution in [0.1, 0.15) is 69.2 Å². The predicted octanol–water partition coefficient (Wildman–Crippen LogP) is 2.38. The molecule has 9 nitrogen and oxygen atoms in total. The molecular weight excluding hydrogens is 444 g/mol. The molecule has 3 heterocycles. The average Bonchev–Trinajstić information content (AvgIpc) is 3.18. The van der Waals surface area contributed by atoms with Crippen molar-refractivity contribution in [1.29, 1.82) is 0 Å². The van der Waals surface area contributed by atoms with Gasteiger partial charge < -0.3 is 14.7 Å². The van der Waals surface area contributed by atoms with Crippen LogP contribution in [0.15, 0.2) is 9.42 Å². The van der Waals surface area contributed by atoms with E-state index in [9.17, 15) is 18.0 Å². The van der Waals surface area contributed by atoms with Gasteiger partial charge in [0.2, 0.25) is 21.8 Å². The SMILES string of the molecule is Cc1noc(C)c1S(=O)(=O)N1CCC(C(=O)N2CCC(NC(=O)C3CCCCC3)CC2)CC1. The number of sulfonamides is 1. The fourth-order valence-corrected chi connectivity index (χ4v) is 7.26.